The molecule has 1 heterocycles. The molecule has 0 aromatic heterocycles. The molecule has 16 heavy (non-hydrogen) atoms. The number of hydrogen-bond acceptors (Lipinski definition) is 3. The molecular weight excluding hydrogens is 204 g/mol. The van der Waals surface area contributed by atoms with Gasteiger partial charge in [-0.05, 0) is 25.7 Å². The second kappa shape index (κ2) is 5.48. The average Bonchev–Trinajstić information content (AvgIpc) is 2.39. The van der Waals surface area contributed by atoms with Crippen molar-refractivity contribution in [2.24, 2.45) is 5.92 Å². The predicted octanol–water partition coefficient (Wildman–Crippen LogP) is 2.12. The van der Waals surface area contributed by atoms with E-state index in [9.17, 15) is 5.11 Å². The summed E-state index contributed by atoms with van der Waals surface area (Å²) in [6, 6.07) is 0. The fraction of sp³-hybridized carbons (Fsp3) is 1.00. The van der Waals surface area contributed by atoms with Gasteiger partial charge in [0.25, 0.3) is 0 Å². The van der Waals surface area contributed by atoms with Gasteiger partial charge >= 0.3 is 0 Å². The Morgan fingerprint density at radius 3 is 2.56 bits per heavy atom. The highest BCUT2D eigenvalue weighted by atomic mass is 16.5. The van der Waals surface area contributed by atoms with E-state index >= 15 is 0 Å². The Morgan fingerprint density at radius 1 is 1.25 bits per heavy atom. The lowest BCUT2D eigenvalue weighted by Gasteiger charge is -2.43. The van der Waals surface area contributed by atoms with Gasteiger partial charge in [0.2, 0.25) is 0 Å². The van der Waals surface area contributed by atoms with E-state index in [1.54, 1.807) is 7.11 Å². The molecule has 0 aromatic rings. The molecule has 1 N–H and O–H groups in total. The summed E-state index contributed by atoms with van der Waals surface area (Å²) in [6.07, 6.45) is 7.43. The van der Waals surface area contributed by atoms with Crippen LogP contribution in [0.3, 0.4) is 0 Å². The summed E-state index contributed by atoms with van der Waals surface area (Å²) in [5.74, 6) is 0.270. The minimum absolute atomic E-state index is 0.270. The van der Waals surface area contributed by atoms with Crippen molar-refractivity contribution in [1.82, 2.24) is 0 Å². The molecule has 2 fully saturated rings. The Bertz CT molecular complexity index is 205. The molecule has 3 heteroatoms. The van der Waals surface area contributed by atoms with Gasteiger partial charge in [0.05, 0.1) is 18.3 Å². The van der Waals surface area contributed by atoms with Gasteiger partial charge in [0.1, 0.15) is 0 Å². The quantitative estimate of drug-likeness (QED) is 0.804. The normalized spacial score (nSPS) is 32.2. The molecule has 0 radical (unpaired) electrons. The highest BCUT2D eigenvalue weighted by Crippen LogP contribution is 2.38. The molecule has 0 amide bonds. The number of ether oxygens (including phenoxy) is 2. The van der Waals surface area contributed by atoms with E-state index in [1.165, 1.54) is 19.3 Å². The van der Waals surface area contributed by atoms with Crippen LogP contribution < -0.4 is 0 Å². The molecule has 2 rings (SSSR count). The maximum atomic E-state index is 10.5. The first-order chi connectivity index (χ1) is 7.78. The Kier molecular flexibility index (Phi) is 4.22. The van der Waals surface area contributed by atoms with E-state index < -0.39 is 0 Å². The first-order valence-corrected chi connectivity index (χ1v) is 6.59. The minimum atomic E-state index is -0.349. The third kappa shape index (κ3) is 2.41. The van der Waals surface area contributed by atoms with Gasteiger partial charge in [-0.3, -0.25) is 0 Å². The summed E-state index contributed by atoms with van der Waals surface area (Å²) in [6.45, 7) is 1.55. The lowest BCUT2D eigenvalue weighted by molar-refractivity contribution is -0.157. The van der Waals surface area contributed by atoms with Crippen LogP contribution in [-0.4, -0.2) is 37.1 Å². The Labute approximate surface area is 98.1 Å². The monoisotopic (exact) mass is 228 g/mol. The topological polar surface area (TPSA) is 38.7 Å². The van der Waals surface area contributed by atoms with E-state index in [0.29, 0.717) is 6.61 Å². The molecule has 2 unspecified atom stereocenters. The van der Waals surface area contributed by atoms with Crippen LogP contribution in [0.15, 0.2) is 0 Å². The zero-order chi connectivity index (χ0) is 11.4. The molecule has 1 aliphatic carbocycles. The van der Waals surface area contributed by atoms with Crippen LogP contribution >= 0.6 is 0 Å². The Hall–Kier alpha value is -0.120. The maximum Gasteiger partial charge on any atom is 0.0940 e. The molecule has 1 aliphatic heterocycles. The Morgan fingerprint density at radius 2 is 2.00 bits per heavy atom. The van der Waals surface area contributed by atoms with Crippen molar-refractivity contribution in [3.63, 3.8) is 0 Å². The molecule has 2 atom stereocenters. The second-order valence-corrected chi connectivity index (χ2v) is 5.25. The van der Waals surface area contributed by atoms with E-state index in [0.717, 1.165) is 32.3 Å². The van der Waals surface area contributed by atoms with E-state index in [2.05, 4.69) is 0 Å². The van der Waals surface area contributed by atoms with Crippen LogP contribution in [0.4, 0.5) is 0 Å². The van der Waals surface area contributed by atoms with E-state index in [1.807, 2.05) is 0 Å². The molecule has 0 bridgehead atoms. The predicted molar refractivity (Wildman–Crippen MR) is 62.4 cm³/mol. The molecule has 2 aliphatic rings. The van der Waals surface area contributed by atoms with Gasteiger partial charge in [-0.1, -0.05) is 19.3 Å². The third-order valence-electron chi connectivity index (χ3n) is 4.29. The number of rotatable bonds is 3. The van der Waals surface area contributed by atoms with Crippen LogP contribution in [0.25, 0.3) is 0 Å². The van der Waals surface area contributed by atoms with Crippen molar-refractivity contribution in [2.75, 3.05) is 20.3 Å². The first kappa shape index (κ1) is 12.3. The summed E-state index contributed by atoms with van der Waals surface area (Å²) < 4.78 is 11.2. The molecule has 1 saturated heterocycles. The number of methoxy groups -OCH3 is 1. The Balaban J connectivity index is 2.00. The number of hydrogen-bond donors (Lipinski definition) is 1. The van der Waals surface area contributed by atoms with Crippen molar-refractivity contribution < 1.29 is 14.6 Å². The largest absolute Gasteiger partial charge is 0.390 e. The smallest absolute Gasteiger partial charge is 0.0940 e. The summed E-state index contributed by atoms with van der Waals surface area (Å²) in [4.78, 5) is 0. The average molecular weight is 228 g/mol. The zero-order valence-corrected chi connectivity index (χ0v) is 10.3. The summed E-state index contributed by atoms with van der Waals surface area (Å²) in [5, 5.41) is 10.5. The van der Waals surface area contributed by atoms with Crippen LogP contribution in [0.1, 0.15) is 44.9 Å². The highest BCUT2D eigenvalue weighted by Gasteiger charge is 2.43. The summed E-state index contributed by atoms with van der Waals surface area (Å²) >= 11 is 0. The summed E-state index contributed by atoms with van der Waals surface area (Å²) in [7, 11) is 1.75. The van der Waals surface area contributed by atoms with Gasteiger partial charge in [0, 0.05) is 19.6 Å². The van der Waals surface area contributed by atoms with Gasteiger partial charge in [-0.2, -0.15) is 0 Å². The van der Waals surface area contributed by atoms with Crippen LogP contribution in [0.2, 0.25) is 0 Å². The molecule has 0 spiro atoms. The molecule has 3 nitrogen and oxygen atoms in total. The molecule has 0 aromatic carbocycles. The lowest BCUT2D eigenvalue weighted by atomic mass is 9.75. The van der Waals surface area contributed by atoms with Gasteiger partial charge < -0.3 is 14.6 Å². The van der Waals surface area contributed by atoms with Gasteiger partial charge in [-0.15, -0.1) is 0 Å². The number of aliphatic hydroxyl groups excluding tert-OH is 1. The SMILES string of the molecule is COC1(C(O)C2CCCOC2)CCCCC1. The van der Waals surface area contributed by atoms with E-state index in [4.69, 9.17) is 9.47 Å². The van der Waals surface area contributed by atoms with Gasteiger partial charge in [-0.25, -0.2) is 0 Å². The molecular formula is C13H24O3. The standard InChI is InChI=1S/C13H24O3/c1-15-13(7-3-2-4-8-13)12(14)11-6-5-9-16-10-11/h11-12,14H,2-10H2,1H3. The fourth-order valence-corrected chi connectivity index (χ4v) is 3.22. The van der Waals surface area contributed by atoms with Crippen LogP contribution in [0, 0.1) is 5.92 Å². The maximum absolute atomic E-state index is 10.5. The van der Waals surface area contributed by atoms with Crippen LogP contribution in [0.5, 0.6) is 0 Å². The second-order valence-electron chi connectivity index (χ2n) is 5.25. The fourth-order valence-electron chi connectivity index (χ4n) is 3.22. The van der Waals surface area contributed by atoms with Crippen molar-refractivity contribution in [3.05, 3.63) is 0 Å². The van der Waals surface area contributed by atoms with Crippen molar-refractivity contribution in [3.8, 4) is 0 Å². The minimum Gasteiger partial charge on any atom is -0.390 e. The van der Waals surface area contributed by atoms with Crippen molar-refractivity contribution >= 4 is 0 Å². The number of aliphatic hydroxyl groups is 1. The highest BCUT2D eigenvalue weighted by molar-refractivity contribution is 4.94. The van der Waals surface area contributed by atoms with Crippen molar-refractivity contribution in [1.29, 1.82) is 0 Å². The summed E-state index contributed by atoms with van der Waals surface area (Å²) in [5.41, 5.74) is -0.288. The first-order valence-electron chi connectivity index (χ1n) is 6.59. The van der Waals surface area contributed by atoms with Gasteiger partial charge in [0.15, 0.2) is 0 Å². The molecule has 94 valence electrons. The zero-order valence-electron chi connectivity index (χ0n) is 10.3. The van der Waals surface area contributed by atoms with Crippen LogP contribution in [-0.2, 0) is 9.47 Å². The lowest BCUT2D eigenvalue weighted by Crippen LogP contribution is -2.51. The van der Waals surface area contributed by atoms with E-state index in [-0.39, 0.29) is 17.6 Å². The van der Waals surface area contributed by atoms with Crippen molar-refractivity contribution in [2.45, 2.75) is 56.7 Å². The molecule has 1 saturated carbocycles. The third-order valence-corrected chi connectivity index (χ3v) is 4.29.